The van der Waals surface area contributed by atoms with E-state index in [2.05, 4.69) is 5.32 Å². The molecule has 3 rings (SSSR count). The van der Waals surface area contributed by atoms with Gasteiger partial charge in [-0.05, 0) is 36.4 Å². The number of aliphatic hydroxyl groups excluding tert-OH is 1. The predicted molar refractivity (Wildman–Crippen MR) is 87.6 cm³/mol. The minimum Gasteiger partial charge on any atom is -0.491 e. The Hall–Kier alpha value is -2.24. The Bertz CT molecular complexity index is 680. The van der Waals surface area contributed by atoms with Gasteiger partial charge < -0.3 is 15.2 Å². The second kappa shape index (κ2) is 6.71. The average Bonchev–Trinajstić information content (AvgIpc) is 3.14. The molecule has 8 heteroatoms. The number of imide groups is 1. The number of amides is 3. The van der Waals surface area contributed by atoms with Gasteiger partial charge in [-0.25, -0.2) is 4.79 Å². The SMILES string of the molecule is N#Cc1ccc(OC[C@@H](O)CN2C(=O)N[C@]3(CCSC3)C2=O)cc1. The fraction of sp³-hybridized carbons (Fsp3) is 0.438. The molecule has 1 aromatic rings. The molecule has 1 aromatic carbocycles. The Balaban J connectivity index is 1.54. The summed E-state index contributed by atoms with van der Waals surface area (Å²) in [4.78, 5) is 25.6. The molecule has 24 heavy (non-hydrogen) atoms. The molecule has 3 amide bonds. The molecule has 0 saturated carbocycles. The number of β-amino-alcohol motifs (C(OH)–C–C–N with tert-alkyl or cyclic N) is 1. The van der Waals surface area contributed by atoms with E-state index in [-0.39, 0.29) is 19.1 Å². The van der Waals surface area contributed by atoms with Crippen LogP contribution in [-0.2, 0) is 4.79 Å². The monoisotopic (exact) mass is 347 g/mol. The molecule has 0 unspecified atom stereocenters. The first kappa shape index (κ1) is 16.6. The van der Waals surface area contributed by atoms with Crippen molar-refractivity contribution in [3.05, 3.63) is 29.8 Å². The molecule has 2 aliphatic heterocycles. The van der Waals surface area contributed by atoms with Crippen LogP contribution in [0.2, 0.25) is 0 Å². The molecule has 2 aliphatic rings. The number of hydrogen-bond donors (Lipinski definition) is 2. The van der Waals surface area contributed by atoms with Crippen LogP contribution in [0.4, 0.5) is 4.79 Å². The number of aliphatic hydroxyl groups is 1. The molecule has 1 spiro atoms. The van der Waals surface area contributed by atoms with Gasteiger partial charge in [0.05, 0.1) is 18.2 Å². The summed E-state index contributed by atoms with van der Waals surface area (Å²) in [5.41, 5.74) is -0.280. The van der Waals surface area contributed by atoms with Gasteiger partial charge in [-0.2, -0.15) is 17.0 Å². The van der Waals surface area contributed by atoms with Crippen molar-refractivity contribution in [2.75, 3.05) is 24.7 Å². The highest BCUT2D eigenvalue weighted by atomic mass is 32.2. The molecule has 0 bridgehead atoms. The first-order valence-electron chi connectivity index (χ1n) is 7.57. The maximum absolute atomic E-state index is 12.5. The summed E-state index contributed by atoms with van der Waals surface area (Å²) < 4.78 is 5.43. The van der Waals surface area contributed by atoms with Crippen molar-refractivity contribution in [3.8, 4) is 11.8 Å². The van der Waals surface area contributed by atoms with Crippen molar-refractivity contribution < 1.29 is 19.4 Å². The zero-order valence-corrected chi connectivity index (χ0v) is 13.7. The number of carbonyl (C=O) groups excluding carboxylic acids is 2. The summed E-state index contributed by atoms with van der Waals surface area (Å²) in [5.74, 6) is 1.65. The largest absolute Gasteiger partial charge is 0.491 e. The first-order valence-corrected chi connectivity index (χ1v) is 8.72. The smallest absolute Gasteiger partial charge is 0.325 e. The molecule has 7 nitrogen and oxygen atoms in total. The summed E-state index contributed by atoms with van der Waals surface area (Å²) in [5, 5.41) is 21.6. The minimum absolute atomic E-state index is 0.0509. The molecular formula is C16H17N3O4S. The Morgan fingerprint density at radius 3 is 2.79 bits per heavy atom. The fourth-order valence-corrected chi connectivity index (χ4v) is 4.08. The summed E-state index contributed by atoms with van der Waals surface area (Å²) >= 11 is 1.64. The number of urea groups is 1. The van der Waals surface area contributed by atoms with Crippen molar-refractivity contribution in [2.24, 2.45) is 0 Å². The number of thioether (sulfide) groups is 1. The summed E-state index contributed by atoms with van der Waals surface area (Å²) in [6, 6.07) is 8.03. The molecule has 0 aliphatic carbocycles. The summed E-state index contributed by atoms with van der Waals surface area (Å²) in [7, 11) is 0. The number of rotatable bonds is 5. The maximum Gasteiger partial charge on any atom is 0.325 e. The highest BCUT2D eigenvalue weighted by Crippen LogP contribution is 2.33. The van der Waals surface area contributed by atoms with Crippen LogP contribution >= 0.6 is 11.8 Å². The van der Waals surface area contributed by atoms with Crippen LogP contribution in [-0.4, -0.2) is 58.2 Å². The highest BCUT2D eigenvalue weighted by molar-refractivity contribution is 7.99. The highest BCUT2D eigenvalue weighted by Gasteiger charge is 2.53. The van der Waals surface area contributed by atoms with Crippen LogP contribution in [0.15, 0.2) is 24.3 Å². The number of nitrogens with one attached hydrogen (secondary N) is 1. The van der Waals surface area contributed by atoms with Crippen molar-refractivity contribution >= 4 is 23.7 Å². The topological polar surface area (TPSA) is 103 Å². The lowest BCUT2D eigenvalue weighted by molar-refractivity contribution is -0.131. The van der Waals surface area contributed by atoms with Gasteiger partial charge >= 0.3 is 6.03 Å². The molecule has 2 fully saturated rings. The van der Waals surface area contributed by atoms with Gasteiger partial charge in [-0.15, -0.1) is 0 Å². The predicted octanol–water partition coefficient (Wildman–Crippen LogP) is 0.725. The maximum atomic E-state index is 12.5. The third-order valence-electron chi connectivity index (χ3n) is 4.09. The number of benzene rings is 1. The van der Waals surface area contributed by atoms with Crippen LogP contribution in [0.1, 0.15) is 12.0 Å². The van der Waals surface area contributed by atoms with Crippen molar-refractivity contribution in [1.82, 2.24) is 10.2 Å². The zero-order valence-electron chi connectivity index (χ0n) is 12.9. The van der Waals surface area contributed by atoms with E-state index in [0.29, 0.717) is 23.5 Å². The van der Waals surface area contributed by atoms with Crippen molar-refractivity contribution in [3.63, 3.8) is 0 Å². The Kier molecular flexibility index (Phi) is 4.64. The number of carbonyl (C=O) groups is 2. The fourth-order valence-electron chi connectivity index (χ4n) is 2.76. The summed E-state index contributed by atoms with van der Waals surface area (Å²) in [6.45, 7) is -0.155. The number of nitrogens with zero attached hydrogens (tertiary/aromatic N) is 2. The van der Waals surface area contributed by atoms with E-state index in [1.807, 2.05) is 6.07 Å². The van der Waals surface area contributed by atoms with Crippen LogP contribution in [0.5, 0.6) is 5.75 Å². The normalized spacial score (nSPS) is 24.1. The second-order valence-electron chi connectivity index (χ2n) is 5.83. The second-order valence-corrected chi connectivity index (χ2v) is 6.94. The van der Waals surface area contributed by atoms with Crippen LogP contribution in [0.3, 0.4) is 0 Å². The van der Waals surface area contributed by atoms with E-state index in [0.717, 1.165) is 10.7 Å². The van der Waals surface area contributed by atoms with Gasteiger partial charge in [-0.1, -0.05) is 0 Å². The standard InChI is InChI=1S/C16H17N3O4S/c17-7-11-1-3-13(4-2-11)23-9-12(20)8-19-14(21)16(18-15(19)22)5-6-24-10-16/h1-4,12,20H,5-6,8-10H2,(H,18,22)/t12-,16-/m0/s1. The quantitative estimate of drug-likeness (QED) is 0.761. The van der Waals surface area contributed by atoms with E-state index in [9.17, 15) is 14.7 Å². The average molecular weight is 347 g/mol. The molecule has 0 radical (unpaired) electrons. The Morgan fingerprint density at radius 2 is 2.17 bits per heavy atom. The lowest BCUT2D eigenvalue weighted by atomic mass is 9.99. The van der Waals surface area contributed by atoms with Crippen LogP contribution < -0.4 is 10.1 Å². The van der Waals surface area contributed by atoms with E-state index in [4.69, 9.17) is 10.00 Å². The third-order valence-corrected chi connectivity index (χ3v) is 5.28. The Labute approximate surface area is 143 Å². The van der Waals surface area contributed by atoms with Crippen LogP contribution in [0, 0.1) is 11.3 Å². The van der Waals surface area contributed by atoms with Gasteiger partial charge in [0.1, 0.15) is 24.0 Å². The molecule has 2 saturated heterocycles. The van der Waals surface area contributed by atoms with E-state index < -0.39 is 17.7 Å². The van der Waals surface area contributed by atoms with E-state index in [1.54, 1.807) is 36.0 Å². The van der Waals surface area contributed by atoms with E-state index in [1.165, 1.54) is 0 Å². The zero-order chi connectivity index (χ0) is 17.2. The van der Waals surface area contributed by atoms with Gasteiger partial charge in [0.25, 0.3) is 5.91 Å². The molecule has 2 atom stereocenters. The lowest BCUT2D eigenvalue weighted by Gasteiger charge is -2.21. The molecule has 2 heterocycles. The lowest BCUT2D eigenvalue weighted by Crippen LogP contribution is -2.47. The molecule has 0 aromatic heterocycles. The van der Waals surface area contributed by atoms with Gasteiger partial charge in [-0.3, -0.25) is 9.69 Å². The summed E-state index contributed by atoms with van der Waals surface area (Å²) in [6.07, 6.45) is -0.365. The first-order chi connectivity index (χ1) is 11.5. The molecule has 126 valence electrons. The molecular weight excluding hydrogens is 330 g/mol. The van der Waals surface area contributed by atoms with Crippen molar-refractivity contribution in [1.29, 1.82) is 5.26 Å². The van der Waals surface area contributed by atoms with Crippen molar-refractivity contribution in [2.45, 2.75) is 18.1 Å². The Morgan fingerprint density at radius 1 is 1.42 bits per heavy atom. The number of hydrogen-bond acceptors (Lipinski definition) is 6. The van der Waals surface area contributed by atoms with Gasteiger partial charge in [0, 0.05) is 5.75 Å². The van der Waals surface area contributed by atoms with Gasteiger partial charge in [0.2, 0.25) is 0 Å². The molecule has 2 N–H and O–H groups in total. The number of ether oxygens (including phenoxy) is 1. The number of nitriles is 1. The van der Waals surface area contributed by atoms with Crippen LogP contribution in [0.25, 0.3) is 0 Å². The van der Waals surface area contributed by atoms with E-state index >= 15 is 0 Å². The third kappa shape index (κ3) is 3.18. The van der Waals surface area contributed by atoms with Gasteiger partial charge in [0.15, 0.2) is 0 Å². The minimum atomic E-state index is -0.987.